The summed E-state index contributed by atoms with van der Waals surface area (Å²) in [5.41, 5.74) is 0.615. The maximum absolute atomic E-state index is 12.2. The highest BCUT2D eigenvalue weighted by Gasteiger charge is 2.10. The minimum Gasteiger partial charge on any atom is -0.439 e. The third-order valence-corrected chi connectivity index (χ3v) is 4.68. The first-order chi connectivity index (χ1) is 12.1. The molecule has 0 atom stereocenters. The Labute approximate surface area is 158 Å². The van der Waals surface area contributed by atoms with Crippen molar-refractivity contribution in [1.82, 2.24) is 9.88 Å². The van der Waals surface area contributed by atoms with Crippen LogP contribution in [0.15, 0.2) is 64.6 Å². The molecule has 3 aromatic rings. The van der Waals surface area contributed by atoms with Gasteiger partial charge in [0.15, 0.2) is 0 Å². The molecule has 0 aliphatic carbocycles. The fourth-order valence-corrected chi connectivity index (χ4v) is 3.23. The molecule has 0 unspecified atom stereocenters. The van der Waals surface area contributed by atoms with Gasteiger partial charge in [0.1, 0.15) is 5.75 Å². The monoisotopic (exact) mass is 417 g/mol. The highest BCUT2D eigenvalue weighted by atomic mass is 79.9. The van der Waals surface area contributed by atoms with Crippen molar-refractivity contribution in [1.29, 1.82) is 0 Å². The summed E-state index contributed by atoms with van der Waals surface area (Å²) in [4.78, 5) is 19.2. The topological polar surface area (TPSA) is 54.5 Å². The van der Waals surface area contributed by atoms with Gasteiger partial charge in [-0.2, -0.15) is 0 Å². The lowest BCUT2D eigenvalue weighted by molar-refractivity contribution is 0.221. The zero-order valence-corrected chi connectivity index (χ0v) is 15.9. The van der Waals surface area contributed by atoms with Crippen LogP contribution in [0.4, 0.5) is 10.5 Å². The van der Waals surface area contributed by atoms with Gasteiger partial charge >= 0.3 is 6.03 Å². The second-order valence-electron chi connectivity index (χ2n) is 5.31. The molecule has 2 aromatic heterocycles. The first-order valence-corrected chi connectivity index (χ1v) is 9.21. The Morgan fingerprint density at radius 2 is 2.16 bits per heavy atom. The first-order valence-electron chi connectivity index (χ1n) is 7.54. The Balaban J connectivity index is 1.57. The van der Waals surface area contributed by atoms with Crippen molar-refractivity contribution in [3.05, 3.63) is 69.5 Å². The Kier molecular flexibility index (Phi) is 5.67. The predicted octanol–water partition coefficient (Wildman–Crippen LogP) is 5.36. The molecule has 0 aliphatic heterocycles. The van der Waals surface area contributed by atoms with Gasteiger partial charge in [-0.1, -0.05) is 28.1 Å². The number of carbonyl (C=O) groups is 1. The number of carbonyl (C=O) groups excluding carboxylic acids is 1. The molecule has 0 bridgehead atoms. The number of hydrogen-bond donors (Lipinski definition) is 1. The van der Waals surface area contributed by atoms with Gasteiger partial charge in [0.25, 0.3) is 0 Å². The van der Waals surface area contributed by atoms with E-state index in [9.17, 15) is 4.79 Å². The van der Waals surface area contributed by atoms with Crippen LogP contribution >= 0.6 is 27.3 Å². The number of ether oxygens (including phenoxy) is 1. The number of pyridine rings is 1. The summed E-state index contributed by atoms with van der Waals surface area (Å²) in [7, 11) is 1.76. The summed E-state index contributed by atoms with van der Waals surface area (Å²) in [6, 6.07) is 14.8. The Hall–Kier alpha value is -2.38. The minimum absolute atomic E-state index is 0.184. The van der Waals surface area contributed by atoms with Gasteiger partial charge in [0.05, 0.1) is 18.4 Å². The van der Waals surface area contributed by atoms with Gasteiger partial charge in [-0.15, -0.1) is 11.3 Å². The summed E-state index contributed by atoms with van der Waals surface area (Å²) in [6.45, 7) is 0.570. The summed E-state index contributed by atoms with van der Waals surface area (Å²) in [6.07, 6.45) is 1.57. The molecule has 0 fully saturated rings. The number of rotatable bonds is 5. The van der Waals surface area contributed by atoms with Crippen LogP contribution in [0.1, 0.15) is 4.88 Å². The SMILES string of the molecule is CN(Cc1cccs1)C(=O)Nc1ccc(Oc2cccc(Br)c2)nc1. The van der Waals surface area contributed by atoms with Crippen LogP contribution in [-0.2, 0) is 6.54 Å². The van der Waals surface area contributed by atoms with Crippen LogP contribution in [0, 0.1) is 0 Å². The molecule has 2 amide bonds. The number of nitrogens with one attached hydrogen (secondary N) is 1. The van der Waals surface area contributed by atoms with Gasteiger partial charge in [0.2, 0.25) is 5.88 Å². The fourth-order valence-electron chi connectivity index (χ4n) is 2.09. The summed E-state index contributed by atoms with van der Waals surface area (Å²) in [5.74, 6) is 1.15. The average molecular weight is 418 g/mol. The van der Waals surface area contributed by atoms with Crippen molar-refractivity contribution in [3.8, 4) is 11.6 Å². The van der Waals surface area contributed by atoms with E-state index >= 15 is 0 Å². The van der Waals surface area contributed by atoms with Crippen LogP contribution in [-0.4, -0.2) is 23.0 Å². The first kappa shape index (κ1) is 17.4. The van der Waals surface area contributed by atoms with Crippen LogP contribution in [0.2, 0.25) is 0 Å². The van der Waals surface area contributed by atoms with E-state index < -0.39 is 0 Å². The largest absolute Gasteiger partial charge is 0.439 e. The molecule has 5 nitrogen and oxygen atoms in total. The summed E-state index contributed by atoms with van der Waals surface area (Å²) >= 11 is 5.02. The van der Waals surface area contributed by atoms with E-state index in [1.54, 1.807) is 41.6 Å². The third-order valence-electron chi connectivity index (χ3n) is 3.33. The Morgan fingerprint density at radius 1 is 1.28 bits per heavy atom. The predicted molar refractivity (Wildman–Crippen MR) is 103 cm³/mol. The van der Waals surface area contributed by atoms with Crippen molar-refractivity contribution < 1.29 is 9.53 Å². The normalized spacial score (nSPS) is 10.3. The van der Waals surface area contributed by atoms with Crippen LogP contribution in [0.3, 0.4) is 0 Å². The quantitative estimate of drug-likeness (QED) is 0.607. The number of aromatic nitrogens is 1. The summed E-state index contributed by atoms with van der Waals surface area (Å²) < 4.78 is 6.61. The number of anilines is 1. The van der Waals surface area contributed by atoms with Gasteiger partial charge in [0, 0.05) is 22.5 Å². The Bertz CT molecular complexity index is 838. The van der Waals surface area contributed by atoms with E-state index in [-0.39, 0.29) is 6.03 Å². The second kappa shape index (κ2) is 8.13. The molecule has 2 heterocycles. The second-order valence-corrected chi connectivity index (χ2v) is 7.26. The highest BCUT2D eigenvalue weighted by Crippen LogP contribution is 2.23. The lowest BCUT2D eigenvalue weighted by Gasteiger charge is -2.17. The maximum atomic E-state index is 12.2. The lowest BCUT2D eigenvalue weighted by atomic mass is 10.3. The smallest absolute Gasteiger partial charge is 0.321 e. The molecular weight excluding hydrogens is 402 g/mol. The van der Waals surface area contributed by atoms with Crippen molar-refractivity contribution in [3.63, 3.8) is 0 Å². The average Bonchev–Trinajstić information content (AvgIpc) is 3.09. The molecule has 7 heteroatoms. The van der Waals surface area contributed by atoms with Gasteiger partial charge in [-0.3, -0.25) is 0 Å². The van der Waals surface area contributed by atoms with E-state index in [2.05, 4.69) is 26.2 Å². The maximum Gasteiger partial charge on any atom is 0.321 e. The van der Waals surface area contributed by atoms with Crippen LogP contribution in [0.25, 0.3) is 0 Å². The molecule has 0 radical (unpaired) electrons. The number of thiophene rings is 1. The molecule has 3 rings (SSSR count). The zero-order chi connectivity index (χ0) is 17.6. The highest BCUT2D eigenvalue weighted by molar-refractivity contribution is 9.10. The van der Waals surface area contributed by atoms with E-state index in [1.165, 1.54) is 0 Å². The van der Waals surface area contributed by atoms with Crippen molar-refractivity contribution in [2.24, 2.45) is 0 Å². The molecule has 0 spiro atoms. The number of halogens is 1. The molecule has 0 saturated heterocycles. The van der Waals surface area contributed by atoms with Crippen LogP contribution < -0.4 is 10.1 Å². The Morgan fingerprint density at radius 3 is 2.84 bits per heavy atom. The fraction of sp³-hybridized carbons (Fsp3) is 0.111. The van der Waals surface area contributed by atoms with Gasteiger partial charge in [-0.05, 0) is 35.7 Å². The van der Waals surface area contributed by atoms with E-state index in [0.717, 1.165) is 9.35 Å². The molecule has 25 heavy (non-hydrogen) atoms. The molecule has 128 valence electrons. The number of benzene rings is 1. The van der Waals surface area contributed by atoms with Gasteiger partial charge < -0.3 is 15.0 Å². The molecule has 1 aromatic carbocycles. The van der Waals surface area contributed by atoms with E-state index in [4.69, 9.17) is 4.74 Å². The molecule has 1 N–H and O–H groups in total. The van der Waals surface area contributed by atoms with Crippen molar-refractivity contribution in [2.75, 3.05) is 12.4 Å². The number of urea groups is 1. The number of nitrogens with zero attached hydrogens (tertiary/aromatic N) is 2. The van der Waals surface area contributed by atoms with E-state index in [1.807, 2.05) is 41.8 Å². The summed E-state index contributed by atoms with van der Waals surface area (Å²) in [5, 5.41) is 4.82. The zero-order valence-electron chi connectivity index (χ0n) is 13.5. The molecule has 0 aliphatic rings. The standard InChI is InChI=1S/C18H16BrN3O2S/c1-22(12-16-6-3-9-25-16)18(23)21-14-7-8-17(20-11-14)24-15-5-2-4-13(19)10-15/h2-11H,12H2,1H3,(H,21,23). The third kappa shape index (κ3) is 5.04. The lowest BCUT2D eigenvalue weighted by Crippen LogP contribution is -2.30. The van der Waals surface area contributed by atoms with Gasteiger partial charge in [-0.25, -0.2) is 9.78 Å². The van der Waals surface area contributed by atoms with Crippen molar-refractivity contribution >= 4 is 39.0 Å². The van der Waals surface area contributed by atoms with Crippen molar-refractivity contribution in [2.45, 2.75) is 6.54 Å². The van der Waals surface area contributed by atoms with E-state index in [0.29, 0.717) is 23.9 Å². The number of hydrogen-bond acceptors (Lipinski definition) is 4. The number of amides is 2. The molecule has 0 saturated carbocycles. The van der Waals surface area contributed by atoms with Crippen LogP contribution in [0.5, 0.6) is 11.6 Å². The molecular formula is C18H16BrN3O2S. The minimum atomic E-state index is -0.184.